The summed E-state index contributed by atoms with van der Waals surface area (Å²) in [7, 11) is 1.64. The molecule has 0 aliphatic heterocycles. The summed E-state index contributed by atoms with van der Waals surface area (Å²) >= 11 is 0. The number of carboxylic acids is 1. The molecule has 1 aliphatic carbocycles. The van der Waals surface area contributed by atoms with Crippen molar-refractivity contribution >= 4 is 12.0 Å². The summed E-state index contributed by atoms with van der Waals surface area (Å²) in [6, 6.07) is -0.173. The van der Waals surface area contributed by atoms with E-state index >= 15 is 0 Å². The predicted octanol–water partition coefficient (Wildman–Crippen LogP) is 2.56. The van der Waals surface area contributed by atoms with Crippen molar-refractivity contribution < 1.29 is 14.7 Å². The molecule has 0 aromatic carbocycles. The van der Waals surface area contributed by atoms with E-state index in [0.717, 1.165) is 6.42 Å². The Hall–Kier alpha value is -1.26. The number of amides is 2. The van der Waals surface area contributed by atoms with Crippen LogP contribution >= 0.6 is 0 Å². The van der Waals surface area contributed by atoms with E-state index in [2.05, 4.69) is 19.2 Å². The molecule has 0 aromatic heterocycles. The van der Waals surface area contributed by atoms with Crippen LogP contribution < -0.4 is 5.32 Å². The van der Waals surface area contributed by atoms with Gasteiger partial charge in [0, 0.05) is 20.1 Å². The van der Waals surface area contributed by atoms with Gasteiger partial charge in [0.25, 0.3) is 0 Å². The van der Waals surface area contributed by atoms with E-state index in [9.17, 15) is 9.59 Å². The van der Waals surface area contributed by atoms with Crippen LogP contribution in [0, 0.1) is 17.3 Å². The van der Waals surface area contributed by atoms with Crippen molar-refractivity contribution in [3.05, 3.63) is 0 Å². The Balaban J connectivity index is 2.40. The number of hydrogen-bond donors (Lipinski definition) is 2. The van der Waals surface area contributed by atoms with Gasteiger partial charge in [0.1, 0.15) is 0 Å². The third kappa shape index (κ3) is 4.69. The summed E-state index contributed by atoms with van der Waals surface area (Å²) in [6.45, 7) is 6.97. The quantitative estimate of drug-likeness (QED) is 0.755. The van der Waals surface area contributed by atoms with Gasteiger partial charge in [-0.25, -0.2) is 4.79 Å². The molecule has 1 rings (SSSR count). The van der Waals surface area contributed by atoms with Gasteiger partial charge < -0.3 is 15.3 Å². The maximum Gasteiger partial charge on any atom is 0.317 e. The molecule has 2 N–H and O–H groups in total. The van der Waals surface area contributed by atoms with Crippen molar-refractivity contribution in [3.8, 4) is 0 Å². The first-order valence-electron chi connectivity index (χ1n) is 7.47. The van der Waals surface area contributed by atoms with Gasteiger partial charge in [0.05, 0.1) is 5.92 Å². The molecule has 2 amide bonds. The second kappa shape index (κ2) is 6.95. The molecule has 0 spiro atoms. The highest BCUT2D eigenvalue weighted by molar-refractivity contribution is 5.75. The molecule has 1 atom stereocenters. The third-order valence-corrected chi connectivity index (χ3v) is 4.19. The molecule has 0 radical (unpaired) electrons. The van der Waals surface area contributed by atoms with E-state index < -0.39 is 11.9 Å². The molecular weight excluding hydrogens is 256 g/mol. The lowest BCUT2D eigenvalue weighted by Crippen LogP contribution is -2.47. The SMILES string of the molecule is CC(C)CC1(CNC(=O)N(C)CC(C)C(=O)O)CCC1. The molecule has 0 saturated heterocycles. The van der Waals surface area contributed by atoms with Crippen molar-refractivity contribution in [2.45, 2.75) is 46.5 Å². The van der Waals surface area contributed by atoms with Crippen molar-refractivity contribution in [2.24, 2.45) is 17.3 Å². The fourth-order valence-corrected chi connectivity index (χ4v) is 2.97. The van der Waals surface area contributed by atoms with Crippen LogP contribution in [0.2, 0.25) is 0 Å². The number of aliphatic carboxylic acids is 1. The van der Waals surface area contributed by atoms with Crippen LogP contribution in [-0.4, -0.2) is 42.1 Å². The van der Waals surface area contributed by atoms with Crippen LogP contribution in [0.15, 0.2) is 0 Å². The van der Waals surface area contributed by atoms with E-state index in [1.165, 1.54) is 24.2 Å². The highest BCUT2D eigenvalue weighted by atomic mass is 16.4. The smallest absolute Gasteiger partial charge is 0.317 e. The molecule has 116 valence electrons. The lowest BCUT2D eigenvalue weighted by molar-refractivity contribution is -0.141. The van der Waals surface area contributed by atoms with Crippen LogP contribution in [0.3, 0.4) is 0 Å². The standard InChI is InChI=1S/C15H28N2O3/c1-11(2)8-15(6-5-7-15)10-16-14(20)17(4)9-12(3)13(18)19/h11-12H,5-10H2,1-4H3,(H,16,20)(H,18,19). The maximum absolute atomic E-state index is 12.0. The second-order valence-corrected chi connectivity index (χ2v) is 6.73. The summed E-state index contributed by atoms with van der Waals surface area (Å²) in [5, 5.41) is 11.8. The molecule has 0 aromatic rings. The zero-order chi connectivity index (χ0) is 15.3. The van der Waals surface area contributed by atoms with Crippen LogP contribution in [0.4, 0.5) is 4.79 Å². The average Bonchev–Trinajstić information content (AvgIpc) is 2.31. The predicted molar refractivity (Wildman–Crippen MR) is 78.6 cm³/mol. The van der Waals surface area contributed by atoms with Crippen molar-refractivity contribution in [1.82, 2.24) is 10.2 Å². The minimum Gasteiger partial charge on any atom is -0.481 e. The Labute approximate surface area is 121 Å². The van der Waals surface area contributed by atoms with Crippen LogP contribution in [0.25, 0.3) is 0 Å². The van der Waals surface area contributed by atoms with E-state index in [4.69, 9.17) is 5.11 Å². The lowest BCUT2D eigenvalue weighted by atomic mass is 9.64. The molecular formula is C15H28N2O3. The van der Waals surface area contributed by atoms with E-state index in [1.54, 1.807) is 14.0 Å². The molecule has 5 nitrogen and oxygen atoms in total. The topological polar surface area (TPSA) is 69.6 Å². The highest BCUT2D eigenvalue weighted by Gasteiger charge is 2.37. The maximum atomic E-state index is 12.0. The van der Waals surface area contributed by atoms with E-state index in [-0.39, 0.29) is 18.0 Å². The minimum absolute atomic E-state index is 0.173. The van der Waals surface area contributed by atoms with Crippen molar-refractivity contribution in [2.75, 3.05) is 20.1 Å². The summed E-state index contributed by atoms with van der Waals surface area (Å²) in [6.07, 6.45) is 4.75. The number of carbonyl (C=O) groups is 2. The molecule has 5 heteroatoms. The fraction of sp³-hybridized carbons (Fsp3) is 0.867. The van der Waals surface area contributed by atoms with Crippen molar-refractivity contribution in [1.29, 1.82) is 0 Å². The Morgan fingerprint density at radius 1 is 1.30 bits per heavy atom. The first-order chi connectivity index (χ1) is 9.26. The molecule has 20 heavy (non-hydrogen) atoms. The Morgan fingerprint density at radius 2 is 1.90 bits per heavy atom. The first kappa shape index (κ1) is 16.8. The molecule has 1 aliphatic rings. The number of nitrogens with one attached hydrogen (secondary N) is 1. The molecule has 1 saturated carbocycles. The minimum atomic E-state index is -0.875. The van der Waals surface area contributed by atoms with Crippen LogP contribution in [0.1, 0.15) is 46.5 Å². The van der Waals surface area contributed by atoms with Gasteiger partial charge in [-0.1, -0.05) is 27.2 Å². The highest BCUT2D eigenvalue weighted by Crippen LogP contribution is 2.45. The number of hydrogen-bond acceptors (Lipinski definition) is 2. The lowest BCUT2D eigenvalue weighted by Gasteiger charge is -2.43. The van der Waals surface area contributed by atoms with Crippen LogP contribution in [0.5, 0.6) is 0 Å². The summed E-state index contributed by atoms with van der Waals surface area (Å²) in [4.78, 5) is 24.2. The second-order valence-electron chi connectivity index (χ2n) is 6.73. The number of urea groups is 1. The van der Waals surface area contributed by atoms with Gasteiger partial charge in [-0.15, -0.1) is 0 Å². The number of rotatable bonds is 7. The number of nitrogens with zero attached hydrogens (tertiary/aromatic N) is 1. The van der Waals surface area contributed by atoms with Gasteiger partial charge in [-0.3, -0.25) is 4.79 Å². The number of carbonyl (C=O) groups excluding carboxylic acids is 1. The molecule has 0 heterocycles. The summed E-state index contributed by atoms with van der Waals surface area (Å²) in [5.74, 6) is -0.782. The average molecular weight is 284 g/mol. The van der Waals surface area contributed by atoms with Gasteiger partial charge >= 0.3 is 12.0 Å². The van der Waals surface area contributed by atoms with E-state index in [1.807, 2.05) is 0 Å². The van der Waals surface area contributed by atoms with Crippen molar-refractivity contribution in [3.63, 3.8) is 0 Å². The fourth-order valence-electron chi connectivity index (χ4n) is 2.97. The Kier molecular flexibility index (Phi) is 5.84. The zero-order valence-electron chi connectivity index (χ0n) is 13.1. The Morgan fingerprint density at radius 3 is 2.30 bits per heavy atom. The third-order valence-electron chi connectivity index (χ3n) is 4.19. The molecule has 1 unspecified atom stereocenters. The largest absolute Gasteiger partial charge is 0.481 e. The number of carboxylic acid groups (broad SMARTS) is 1. The van der Waals surface area contributed by atoms with Crippen LogP contribution in [-0.2, 0) is 4.79 Å². The molecule has 1 fully saturated rings. The van der Waals surface area contributed by atoms with Gasteiger partial charge in [-0.2, -0.15) is 0 Å². The van der Waals surface area contributed by atoms with Gasteiger partial charge in [0.15, 0.2) is 0 Å². The normalized spacial score (nSPS) is 18.2. The van der Waals surface area contributed by atoms with Gasteiger partial charge in [0.2, 0.25) is 0 Å². The first-order valence-corrected chi connectivity index (χ1v) is 7.47. The summed E-state index contributed by atoms with van der Waals surface area (Å²) < 4.78 is 0. The monoisotopic (exact) mass is 284 g/mol. The zero-order valence-corrected chi connectivity index (χ0v) is 13.1. The van der Waals surface area contributed by atoms with E-state index in [0.29, 0.717) is 12.5 Å². The molecule has 0 bridgehead atoms. The Bertz CT molecular complexity index is 351. The van der Waals surface area contributed by atoms with Gasteiger partial charge in [-0.05, 0) is 30.6 Å². The summed E-state index contributed by atoms with van der Waals surface area (Å²) in [5.41, 5.74) is 0.267.